The minimum atomic E-state index is -3.79. The number of aromatic amines is 1. The molecule has 0 fully saturated rings. The summed E-state index contributed by atoms with van der Waals surface area (Å²) in [5, 5.41) is 4.46. The lowest BCUT2D eigenvalue weighted by Gasteiger charge is -2.18. The van der Waals surface area contributed by atoms with E-state index in [2.05, 4.69) is 19.6 Å². The minimum absolute atomic E-state index is 0.0217. The molecule has 1 unspecified atom stereocenters. The number of rotatable bonds is 7. The summed E-state index contributed by atoms with van der Waals surface area (Å²) >= 11 is -2.72. The Labute approximate surface area is 191 Å². The van der Waals surface area contributed by atoms with E-state index >= 15 is 0 Å². The first-order valence-corrected chi connectivity index (χ1v) is 11.9. The fraction of sp³-hybridized carbons (Fsp3) is 0.0476. The molecule has 2 aromatic carbocycles. The van der Waals surface area contributed by atoms with Crippen molar-refractivity contribution in [3.63, 3.8) is 0 Å². The molecular formula is C21H17N4O6S2-. The Morgan fingerprint density at radius 1 is 1.12 bits per heavy atom. The zero-order valence-electron chi connectivity index (χ0n) is 17.1. The van der Waals surface area contributed by atoms with E-state index in [1.807, 2.05) is 0 Å². The van der Waals surface area contributed by atoms with Gasteiger partial charge < -0.3 is 14.9 Å². The predicted octanol–water partition coefficient (Wildman–Crippen LogP) is 2.81. The number of nitrogens with one attached hydrogen (secondary N) is 2. The molecule has 0 spiro atoms. The molecule has 4 aromatic rings. The zero-order chi connectivity index (χ0) is 23.6. The van der Waals surface area contributed by atoms with Gasteiger partial charge in [-0.05, 0) is 48.5 Å². The number of hydrogen-bond acceptors (Lipinski definition) is 8. The molecule has 1 atom stereocenters. The Morgan fingerprint density at radius 2 is 1.91 bits per heavy atom. The van der Waals surface area contributed by atoms with Gasteiger partial charge in [-0.25, -0.2) is 17.7 Å². The quantitative estimate of drug-likeness (QED) is 0.300. The SMILES string of the molecule is CN(OS(=O)[O-])c1ccc2cc(C(=O)Nc3cccc(S(=O)(=O)c4cccnc4)c3)[nH]c2c1. The lowest BCUT2D eigenvalue weighted by atomic mass is 10.2. The summed E-state index contributed by atoms with van der Waals surface area (Å²) in [6.07, 6.45) is 2.74. The lowest BCUT2D eigenvalue weighted by Crippen LogP contribution is -2.18. The Bertz CT molecular complexity index is 1450. The van der Waals surface area contributed by atoms with Crippen molar-refractivity contribution in [2.24, 2.45) is 0 Å². The normalized spacial score (nSPS) is 12.4. The van der Waals surface area contributed by atoms with Crippen LogP contribution >= 0.6 is 0 Å². The molecular weight excluding hydrogens is 468 g/mol. The fourth-order valence-electron chi connectivity index (χ4n) is 3.15. The van der Waals surface area contributed by atoms with Crippen LogP contribution < -0.4 is 10.4 Å². The molecule has 0 radical (unpaired) electrons. The molecule has 2 N–H and O–H groups in total. The summed E-state index contributed by atoms with van der Waals surface area (Å²) in [6, 6.07) is 15.5. The summed E-state index contributed by atoms with van der Waals surface area (Å²) in [7, 11) is -2.36. The van der Waals surface area contributed by atoms with Gasteiger partial charge in [0.1, 0.15) is 17.1 Å². The minimum Gasteiger partial charge on any atom is -0.748 e. The van der Waals surface area contributed by atoms with E-state index in [-0.39, 0.29) is 15.5 Å². The number of hydroxylamine groups is 1. The van der Waals surface area contributed by atoms with Crippen LogP contribution in [0.4, 0.5) is 11.4 Å². The first-order chi connectivity index (χ1) is 15.7. The summed E-state index contributed by atoms with van der Waals surface area (Å²) in [4.78, 5) is 19.6. The standard InChI is InChI=1S/C21H18N4O6S2/c1-25(31-32(27)28)16-8-7-14-10-20(24-19(14)12-16)21(26)23-15-4-2-5-17(11-15)33(29,30)18-6-3-9-22-13-18/h2-13,24H,1H3,(H,23,26)(H,27,28)/p-1. The third kappa shape index (κ3) is 4.93. The third-order valence-electron chi connectivity index (χ3n) is 4.73. The smallest absolute Gasteiger partial charge is 0.272 e. The van der Waals surface area contributed by atoms with Crippen LogP contribution in [0.15, 0.2) is 82.8 Å². The largest absolute Gasteiger partial charge is 0.748 e. The topological polar surface area (TPSA) is 145 Å². The number of nitrogens with zero attached hydrogens (tertiary/aromatic N) is 2. The van der Waals surface area contributed by atoms with Crippen LogP contribution in [0.25, 0.3) is 10.9 Å². The van der Waals surface area contributed by atoms with Gasteiger partial charge in [-0.15, -0.1) is 0 Å². The number of hydrogen-bond donors (Lipinski definition) is 2. The number of pyridine rings is 1. The molecule has 10 nitrogen and oxygen atoms in total. The first-order valence-electron chi connectivity index (χ1n) is 9.45. The average molecular weight is 486 g/mol. The highest BCUT2D eigenvalue weighted by atomic mass is 32.2. The molecule has 4 rings (SSSR count). The highest BCUT2D eigenvalue weighted by Crippen LogP contribution is 2.25. The van der Waals surface area contributed by atoms with E-state index in [9.17, 15) is 22.0 Å². The van der Waals surface area contributed by atoms with Crippen LogP contribution in [-0.2, 0) is 25.5 Å². The van der Waals surface area contributed by atoms with E-state index in [0.29, 0.717) is 22.3 Å². The average Bonchev–Trinajstić information content (AvgIpc) is 3.23. The maximum absolute atomic E-state index is 12.8. The van der Waals surface area contributed by atoms with Crippen molar-refractivity contribution in [1.29, 1.82) is 0 Å². The molecule has 170 valence electrons. The van der Waals surface area contributed by atoms with Crippen molar-refractivity contribution in [2.75, 3.05) is 17.4 Å². The van der Waals surface area contributed by atoms with Gasteiger partial charge in [0.05, 0.1) is 15.5 Å². The van der Waals surface area contributed by atoms with Crippen LogP contribution in [-0.4, -0.2) is 40.1 Å². The Balaban J connectivity index is 1.56. The molecule has 0 aliphatic carbocycles. The highest BCUT2D eigenvalue weighted by Gasteiger charge is 2.19. The van der Waals surface area contributed by atoms with Crippen LogP contribution in [0, 0.1) is 0 Å². The molecule has 1 amide bonds. The van der Waals surface area contributed by atoms with Gasteiger partial charge in [-0.2, -0.15) is 4.28 Å². The van der Waals surface area contributed by atoms with E-state index in [0.717, 1.165) is 5.06 Å². The van der Waals surface area contributed by atoms with E-state index in [1.54, 1.807) is 30.3 Å². The van der Waals surface area contributed by atoms with Gasteiger partial charge in [0.15, 0.2) is 0 Å². The van der Waals surface area contributed by atoms with Gasteiger partial charge in [-0.1, -0.05) is 12.1 Å². The maximum Gasteiger partial charge on any atom is 0.272 e. The van der Waals surface area contributed by atoms with Gasteiger partial charge in [0.2, 0.25) is 9.84 Å². The van der Waals surface area contributed by atoms with Crippen LogP contribution in [0.3, 0.4) is 0 Å². The molecule has 0 saturated heterocycles. The van der Waals surface area contributed by atoms with E-state index in [4.69, 9.17) is 0 Å². The van der Waals surface area contributed by atoms with Crippen LogP contribution in [0.1, 0.15) is 10.5 Å². The summed E-state index contributed by atoms with van der Waals surface area (Å²) in [5.74, 6) is -0.478. The molecule has 33 heavy (non-hydrogen) atoms. The van der Waals surface area contributed by atoms with Crippen molar-refractivity contribution in [3.8, 4) is 0 Å². The number of fused-ring (bicyclic) bond motifs is 1. The Morgan fingerprint density at radius 3 is 2.64 bits per heavy atom. The molecule has 12 heteroatoms. The Kier molecular flexibility index (Phi) is 6.24. The van der Waals surface area contributed by atoms with Gasteiger partial charge in [0.25, 0.3) is 5.91 Å². The second-order valence-corrected chi connectivity index (χ2v) is 9.41. The van der Waals surface area contributed by atoms with Gasteiger partial charge in [0, 0.05) is 36.0 Å². The fourth-order valence-corrected chi connectivity index (χ4v) is 4.69. The van der Waals surface area contributed by atoms with Gasteiger partial charge >= 0.3 is 0 Å². The van der Waals surface area contributed by atoms with Crippen molar-refractivity contribution in [3.05, 3.63) is 78.8 Å². The number of amides is 1. The number of aromatic nitrogens is 2. The van der Waals surface area contributed by atoms with Crippen molar-refractivity contribution < 1.29 is 26.3 Å². The number of benzene rings is 2. The predicted molar refractivity (Wildman–Crippen MR) is 121 cm³/mol. The lowest BCUT2D eigenvalue weighted by molar-refractivity contribution is 0.102. The second kappa shape index (κ2) is 9.11. The van der Waals surface area contributed by atoms with Crippen LogP contribution in [0.5, 0.6) is 0 Å². The molecule has 0 bridgehead atoms. The van der Waals surface area contributed by atoms with Crippen molar-refractivity contribution in [2.45, 2.75) is 9.79 Å². The molecule has 0 saturated carbocycles. The second-order valence-electron chi connectivity index (χ2n) is 6.90. The number of sulfone groups is 1. The first kappa shape index (κ1) is 22.6. The van der Waals surface area contributed by atoms with E-state index < -0.39 is 27.1 Å². The third-order valence-corrected chi connectivity index (χ3v) is 6.82. The summed E-state index contributed by atoms with van der Waals surface area (Å²) < 4.78 is 51.6. The molecule has 2 heterocycles. The van der Waals surface area contributed by atoms with Crippen molar-refractivity contribution in [1.82, 2.24) is 9.97 Å². The molecule has 0 aliphatic heterocycles. The van der Waals surface area contributed by atoms with E-state index in [1.165, 1.54) is 49.8 Å². The number of anilines is 2. The van der Waals surface area contributed by atoms with Gasteiger partial charge in [-0.3, -0.25) is 9.78 Å². The zero-order valence-corrected chi connectivity index (χ0v) is 18.7. The molecule has 0 aliphatic rings. The number of H-pyrrole nitrogens is 1. The monoisotopic (exact) mass is 485 g/mol. The number of carbonyl (C=O) groups excluding carboxylic acids is 1. The molecule has 2 aromatic heterocycles. The summed E-state index contributed by atoms with van der Waals surface area (Å²) in [5.41, 5.74) is 1.57. The highest BCUT2D eigenvalue weighted by molar-refractivity contribution is 7.91. The van der Waals surface area contributed by atoms with Crippen molar-refractivity contribution >= 4 is 49.4 Å². The number of carbonyl (C=O) groups is 1. The van der Waals surface area contributed by atoms with Crippen LogP contribution in [0.2, 0.25) is 0 Å². The summed E-state index contributed by atoms with van der Waals surface area (Å²) in [6.45, 7) is 0. The Hall–Kier alpha value is -3.58. The maximum atomic E-state index is 12.8.